The topological polar surface area (TPSA) is 103 Å². The van der Waals surface area contributed by atoms with Crippen LogP contribution in [0.1, 0.15) is 28.5 Å². The lowest BCUT2D eigenvalue weighted by molar-refractivity contribution is -0.141. The van der Waals surface area contributed by atoms with Gasteiger partial charge < -0.3 is 10.0 Å². The molecule has 0 aromatic carbocycles. The number of rotatable bonds is 3. The normalized spacial score (nSPS) is 12.0. The first-order valence-electron chi connectivity index (χ1n) is 5.33. The molecule has 1 aromatic rings. The number of aromatic amines is 1. The maximum absolute atomic E-state index is 12.1. The first kappa shape index (κ1) is 13.9. The lowest BCUT2D eigenvalue weighted by Crippen LogP contribution is -2.42. The van der Waals surface area contributed by atoms with Crippen LogP contribution in [0.2, 0.25) is 0 Å². The molecule has 18 heavy (non-hydrogen) atoms. The maximum Gasteiger partial charge on any atom is 0.326 e. The zero-order valence-corrected chi connectivity index (χ0v) is 10.6. The van der Waals surface area contributed by atoms with E-state index in [1.807, 2.05) is 0 Å². The third-order valence-electron chi connectivity index (χ3n) is 2.94. The van der Waals surface area contributed by atoms with Crippen molar-refractivity contribution in [3.05, 3.63) is 27.2 Å². The number of carbonyl (C=O) groups is 2. The summed E-state index contributed by atoms with van der Waals surface area (Å²) in [5.41, 5.74) is 0.285. The van der Waals surface area contributed by atoms with Crippen LogP contribution in [0, 0.1) is 13.8 Å². The second-order valence-electron chi connectivity index (χ2n) is 4.07. The van der Waals surface area contributed by atoms with E-state index in [0.29, 0.717) is 11.3 Å². The Morgan fingerprint density at radius 2 is 1.94 bits per heavy atom. The minimum absolute atomic E-state index is 0.0712. The molecule has 0 fully saturated rings. The number of aliphatic carboxylic acids is 1. The van der Waals surface area contributed by atoms with Crippen LogP contribution in [0.25, 0.3) is 0 Å². The Balaban J connectivity index is 3.24. The average molecular weight is 253 g/mol. The van der Waals surface area contributed by atoms with Crippen molar-refractivity contribution < 1.29 is 14.7 Å². The van der Waals surface area contributed by atoms with Crippen molar-refractivity contribution in [1.82, 2.24) is 15.1 Å². The van der Waals surface area contributed by atoms with E-state index in [2.05, 4.69) is 10.2 Å². The zero-order valence-electron chi connectivity index (χ0n) is 10.6. The predicted octanol–water partition coefficient (Wildman–Crippen LogP) is -0.0682. The van der Waals surface area contributed by atoms with Crippen LogP contribution >= 0.6 is 0 Å². The first-order chi connectivity index (χ1) is 8.27. The van der Waals surface area contributed by atoms with E-state index in [1.54, 1.807) is 13.8 Å². The molecule has 1 unspecified atom stereocenters. The van der Waals surface area contributed by atoms with E-state index in [9.17, 15) is 14.4 Å². The van der Waals surface area contributed by atoms with Crippen molar-refractivity contribution in [2.45, 2.75) is 26.8 Å². The van der Waals surface area contributed by atoms with Crippen LogP contribution in [-0.4, -0.2) is 45.2 Å². The Hall–Kier alpha value is -2.18. The second kappa shape index (κ2) is 4.99. The molecule has 0 aliphatic carbocycles. The van der Waals surface area contributed by atoms with Gasteiger partial charge in [0.15, 0.2) is 0 Å². The molecule has 1 heterocycles. The number of H-pyrrole nitrogens is 1. The molecule has 2 N–H and O–H groups in total. The summed E-state index contributed by atoms with van der Waals surface area (Å²) in [6, 6.07) is -1.01. The highest BCUT2D eigenvalue weighted by Crippen LogP contribution is 2.09. The number of amides is 1. The quantitative estimate of drug-likeness (QED) is 0.785. The smallest absolute Gasteiger partial charge is 0.326 e. The molecule has 98 valence electrons. The minimum Gasteiger partial charge on any atom is -0.480 e. The summed E-state index contributed by atoms with van der Waals surface area (Å²) in [4.78, 5) is 35.6. The molecule has 0 saturated heterocycles. The maximum atomic E-state index is 12.1. The summed E-state index contributed by atoms with van der Waals surface area (Å²) < 4.78 is 0. The number of carboxylic acid groups (broad SMARTS) is 1. The van der Waals surface area contributed by atoms with Crippen molar-refractivity contribution in [2.75, 3.05) is 7.05 Å². The lowest BCUT2D eigenvalue weighted by atomic mass is 10.1. The molecule has 1 rings (SSSR count). The van der Waals surface area contributed by atoms with Crippen LogP contribution < -0.4 is 5.56 Å². The van der Waals surface area contributed by atoms with Crippen molar-refractivity contribution in [3.63, 3.8) is 0 Å². The Bertz CT molecular complexity index is 550. The number of likely N-dealkylation sites (N-methyl/N-ethyl adjacent to an activating group) is 1. The number of carbonyl (C=O) groups excluding carboxylic acids is 1. The molecule has 1 amide bonds. The van der Waals surface area contributed by atoms with Gasteiger partial charge in [-0.05, 0) is 26.3 Å². The van der Waals surface area contributed by atoms with Crippen LogP contribution in [0.15, 0.2) is 4.79 Å². The van der Waals surface area contributed by atoms with Gasteiger partial charge in [-0.25, -0.2) is 9.89 Å². The highest BCUT2D eigenvalue weighted by molar-refractivity contribution is 5.97. The summed E-state index contributed by atoms with van der Waals surface area (Å²) in [6.45, 7) is 4.63. The van der Waals surface area contributed by atoms with Gasteiger partial charge in [-0.15, -0.1) is 0 Å². The van der Waals surface area contributed by atoms with Crippen LogP contribution in [0.3, 0.4) is 0 Å². The highest BCUT2D eigenvalue weighted by atomic mass is 16.4. The Morgan fingerprint density at radius 1 is 1.39 bits per heavy atom. The van der Waals surface area contributed by atoms with E-state index >= 15 is 0 Å². The number of aromatic nitrogens is 2. The van der Waals surface area contributed by atoms with Gasteiger partial charge in [0.25, 0.3) is 11.5 Å². The van der Waals surface area contributed by atoms with Gasteiger partial charge in [-0.2, -0.15) is 5.10 Å². The molecule has 7 heteroatoms. The summed E-state index contributed by atoms with van der Waals surface area (Å²) in [5, 5.41) is 14.8. The second-order valence-corrected chi connectivity index (χ2v) is 4.07. The molecule has 0 radical (unpaired) electrons. The van der Waals surface area contributed by atoms with Crippen LogP contribution in [0.4, 0.5) is 0 Å². The third-order valence-corrected chi connectivity index (χ3v) is 2.94. The molecule has 0 spiro atoms. The highest BCUT2D eigenvalue weighted by Gasteiger charge is 2.26. The van der Waals surface area contributed by atoms with E-state index < -0.39 is 23.5 Å². The summed E-state index contributed by atoms with van der Waals surface area (Å²) >= 11 is 0. The first-order valence-corrected chi connectivity index (χ1v) is 5.33. The molecule has 0 aliphatic heterocycles. The summed E-state index contributed by atoms with van der Waals surface area (Å²) in [7, 11) is 1.34. The fourth-order valence-electron chi connectivity index (χ4n) is 1.40. The summed E-state index contributed by atoms with van der Waals surface area (Å²) in [5.74, 6) is -1.76. The molecule has 7 nitrogen and oxygen atoms in total. The third kappa shape index (κ3) is 2.39. The summed E-state index contributed by atoms with van der Waals surface area (Å²) in [6.07, 6.45) is 0. The average Bonchev–Trinajstić information content (AvgIpc) is 2.32. The van der Waals surface area contributed by atoms with Gasteiger partial charge >= 0.3 is 5.97 Å². The van der Waals surface area contributed by atoms with Gasteiger partial charge in [0.2, 0.25) is 0 Å². The number of hydrogen-bond acceptors (Lipinski definition) is 4. The zero-order chi connectivity index (χ0) is 14.0. The van der Waals surface area contributed by atoms with Gasteiger partial charge in [-0.3, -0.25) is 9.59 Å². The fourth-order valence-corrected chi connectivity index (χ4v) is 1.40. The number of nitrogens with one attached hydrogen (secondary N) is 1. The van der Waals surface area contributed by atoms with Gasteiger partial charge in [0.1, 0.15) is 11.6 Å². The predicted molar refractivity (Wildman–Crippen MR) is 63.5 cm³/mol. The molecular weight excluding hydrogens is 238 g/mol. The van der Waals surface area contributed by atoms with E-state index in [1.165, 1.54) is 14.0 Å². The fraction of sp³-hybridized carbons (Fsp3) is 0.455. The van der Waals surface area contributed by atoms with Crippen LogP contribution in [-0.2, 0) is 4.79 Å². The Morgan fingerprint density at radius 3 is 2.44 bits per heavy atom. The van der Waals surface area contributed by atoms with E-state index in [0.717, 1.165) is 4.90 Å². The molecular formula is C11H15N3O4. The van der Waals surface area contributed by atoms with Gasteiger partial charge in [0.05, 0.1) is 5.69 Å². The number of aryl methyl sites for hydroxylation is 1. The SMILES string of the molecule is Cc1n[nH]c(=O)c(C(=O)N(C)C(C)C(=O)O)c1C. The molecule has 1 aromatic heterocycles. The number of carboxylic acids is 1. The lowest BCUT2D eigenvalue weighted by Gasteiger charge is -2.21. The van der Waals surface area contributed by atoms with Gasteiger partial charge in [-0.1, -0.05) is 0 Å². The largest absolute Gasteiger partial charge is 0.480 e. The molecule has 0 bridgehead atoms. The molecule has 0 saturated carbocycles. The minimum atomic E-state index is -1.13. The van der Waals surface area contributed by atoms with Crippen molar-refractivity contribution in [3.8, 4) is 0 Å². The molecule has 0 aliphatic rings. The van der Waals surface area contributed by atoms with E-state index in [-0.39, 0.29) is 5.56 Å². The van der Waals surface area contributed by atoms with Crippen LogP contribution in [0.5, 0.6) is 0 Å². The Kier molecular flexibility index (Phi) is 3.85. The number of hydrogen-bond donors (Lipinski definition) is 2. The van der Waals surface area contributed by atoms with Crippen molar-refractivity contribution >= 4 is 11.9 Å². The molecule has 1 atom stereocenters. The van der Waals surface area contributed by atoms with E-state index in [4.69, 9.17) is 5.11 Å². The Labute approximate surface area is 103 Å². The van der Waals surface area contributed by atoms with Crippen molar-refractivity contribution in [2.24, 2.45) is 0 Å². The monoisotopic (exact) mass is 253 g/mol. The van der Waals surface area contributed by atoms with Crippen molar-refractivity contribution in [1.29, 1.82) is 0 Å². The standard InChI is InChI=1S/C11H15N3O4/c1-5-6(2)12-13-9(15)8(5)10(16)14(4)7(3)11(17)18/h7H,1-4H3,(H,13,15)(H,17,18). The number of nitrogens with zero attached hydrogens (tertiary/aromatic N) is 2. The van der Waals surface area contributed by atoms with Gasteiger partial charge in [0, 0.05) is 7.05 Å².